The summed E-state index contributed by atoms with van der Waals surface area (Å²) in [5.41, 5.74) is -0.0724. The Morgan fingerprint density at radius 1 is 1.45 bits per heavy atom. The summed E-state index contributed by atoms with van der Waals surface area (Å²) in [5.74, 6) is -1.78. The molecule has 0 aliphatic heterocycles. The zero-order valence-electron chi connectivity index (χ0n) is 11.3. The minimum atomic E-state index is -3.14. The maximum atomic E-state index is 13.1. The topological polar surface area (TPSA) is 56.1 Å². The van der Waals surface area contributed by atoms with Gasteiger partial charge in [-0.05, 0) is 19.1 Å². The number of nitrogens with one attached hydrogen (secondary N) is 1. The van der Waals surface area contributed by atoms with Crippen molar-refractivity contribution in [1.82, 2.24) is 9.78 Å². The van der Waals surface area contributed by atoms with Crippen molar-refractivity contribution in [3.63, 3.8) is 0 Å². The van der Waals surface area contributed by atoms with Crippen molar-refractivity contribution in [3.8, 4) is 5.75 Å². The van der Waals surface area contributed by atoms with E-state index in [1.807, 2.05) is 0 Å². The third-order valence-corrected chi connectivity index (χ3v) is 2.96. The number of nitrogens with zero attached hydrogens (tertiary/aromatic N) is 2. The number of halogens is 4. The van der Waals surface area contributed by atoms with Gasteiger partial charge in [-0.25, -0.2) is 4.39 Å². The van der Waals surface area contributed by atoms with Gasteiger partial charge in [0.05, 0.1) is 16.9 Å². The molecule has 0 spiro atoms. The molecule has 0 fully saturated rings. The number of rotatable bonds is 5. The number of ether oxygens (including phenoxy) is 1. The SMILES string of the molecule is CC(C(=O)Nc1ccc(F)cc1OC(F)F)n1cc(Cl)cn1. The summed E-state index contributed by atoms with van der Waals surface area (Å²) in [6.07, 6.45) is 2.79. The highest BCUT2D eigenvalue weighted by molar-refractivity contribution is 6.30. The van der Waals surface area contributed by atoms with Crippen molar-refractivity contribution in [1.29, 1.82) is 0 Å². The molecule has 0 saturated carbocycles. The molecule has 2 aromatic rings. The standard InChI is InChI=1S/C13H11ClF3N3O2/c1-7(20-6-8(14)5-18-20)12(21)19-10-3-2-9(15)4-11(10)22-13(16)17/h2-7,13H,1H3,(H,19,21). The van der Waals surface area contributed by atoms with E-state index in [2.05, 4.69) is 15.2 Å². The molecule has 9 heteroatoms. The highest BCUT2D eigenvalue weighted by Crippen LogP contribution is 2.28. The Hall–Kier alpha value is -2.22. The van der Waals surface area contributed by atoms with Crippen LogP contribution in [0.5, 0.6) is 5.75 Å². The van der Waals surface area contributed by atoms with Gasteiger partial charge in [0.2, 0.25) is 5.91 Å². The van der Waals surface area contributed by atoms with Crippen LogP contribution in [0.1, 0.15) is 13.0 Å². The molecule has 0 saturated heterocycles. The molecule has 0 bridgehead atoms. The van der Waals surface area contributed by atoms with E-state index < -0.39 is 30.1 Å². The van der Waals surface area contributed by atoms with E-state index >= 15 is 0 Å². The smallest absolute Gasteiger partial charge is 0.387 e. The molecule has 0 aliphatic carbocycles. The first-order chi connectivity index (χ1) is 10.4. The molecule has 118 valence electrons. The van der Waals surface area contributed by atoms with Crippen molar-refractivity contribution >= 4 is 23.2 Å². The zero-order valence-corrected chi connectivity index (χ0v) is 12.0. The number of amides is 1. The Morgan fingerprint density at radius 3 is 2.77 bits per heavy atom. The van der Waals surface area contributed by atoms with Crippen molar-refractivity contribution in [2.45, 2.75) is 19.6 Å². The molecular formula is C13H11ClF3N3O2. The lowest BCUT2D eigenvalue weighted by Crippen LogP contribution is -2.24. The van der Waals surface area contributed by atoms with Gasteiger partial charge < -0.3 is 10.1 Å². The molecule has 5 nitrogen and oxygen atoms in total. The predicted molar refractivity (Wildman–Crippen MR) is 73.6 cm³/mol. The van der Waals surface area contributed by atoms with Crippen molar-refractivity contribution in [2.24, 2.45) is 0 Å². The Kier molecular flexibility index (Phi) is 4.92. The van der Waals surface area contributed by atoms with Gasteiger partial charge >= 0.3 is 6.61 Å². The van der Waals surface area contributed by atoms with Crippen LogP contribution < -0.4 is 10.1 Å². The number of hydrogen-bond acceptors (Lipinski definition) is 3. The first kappa shape index (κ1) is 16.2. The Labute approximate surface area is 128 Å². The fourth-order valence-electron chi connectivity index (χ4n) is 1.68. The van der Waals surface area contributed by atoms with Gasteiger partial charge in [-0.1, -0.05) is 11.6 Å². The van der Waals surface area contributed by atoms with E-state index in [0.29, 0.717) is 5.02 Å². The van der Waals surface area contributed by atoms with E-state index in [1.54, 1.807) is 0 Å². The average Bonchev–Trinajstić information content (AvgIpc) is 2.87. The fraction of sp³-hybridized carbons (Fsp3) is 0.231. The van der Waals surface area contributed by atoms with Crippen LogP contribution >= 0.6 is 11.6 Å². The van der Waals surface area contributed by atoms with Crippen molar-refractivity contribution in [2.75, 3.05) is 5.32 Å². The normalized spacial score (nSPS) is 12.3. The Balaban J connectivity index is 2.17. The number of benzene rings is 1. The van der Waals surface area contributed by atoms with Crippen LogP contribution in [0, 0.1) is 5.82 Å². The number of aromatic nitrogens is 2. The molecule has 1 heterocycles. The van der Waals surface area contributed by atoms with Gasteiger partial charge in [0.1, 0.15) is 11.9 Å². The van der Waals surface area contributed by atoms with E-state index in [-0.39, 0.29) is 5.69 Å². The van der Waals surface area contributed by atoms with Crippen LogP contribution in [0.3, 0.4) is 0 Å². The molecule has 1 atom stereocenters. The molecular weight excluding hydrogens is 323 g/mol. The zero-order chi connectivity index (χ0) is 16.3. The molecule has 1 amide bonds. The lowest BCUT2D eigenvalue weighted by Gasteiger charge is -2.15. The second kappa shape index (κ2) is 6.69. The van der Waals surface area contributed by atoms with E-state index in [1.165, 1.54) is 24.0 Å². The minimum absolute atomic E-state index is 0.0724. The largest absolute Gasteiger partial charge is 0.432 e. The third kappa shape index (κ3) is 3.91. The van der Waals surface area contributed by atoms with Gasteiger partial charge in [0.15, 0.2) is 5.75 Å². The number of anilines is 1. The Bertz CT molecular complexity index is 678. The van der Waals surface area contributed by atoms with Crippen LogP contribution in [0.15, 0.2) is 30.6 Å². The molecule has 1 aromatic heterocycles. The number of alkyl halides is 2. The molecule has 1 aromatic carbocycles. The first-order valence-electron chi connectivity index (χ1n) is 6.11. The van der Waals surface area contributed by atoms with Crippen molar-refractivity contribution < 1.29 is 22.7 Å². The summed E-state index contributed by atoms with van der Waals surface area (Å²) in [5, 5.41) is 6.61. The molecule has 1 N–H and O–H groups in total. The summed E-state index contributed by atoms with van der Waals surface area (Å²) >= 11 is 5.71. The van der Waals surface area contributed by atoms with Crippen molar-refractivity contribution in [3.05, 3.63) is 41.4 Å². The van der Waals surface area contributed by atoms with Crippen LogP contribution in [0.25, 0.3) is 0 Å². The summed E-state index contributed by atoms with van der Waals surface area (Å²) in [6, 6.07) is 2.16. The van der Waals surface area contributed by atoms with Gasteiger partial charge in [0.25, 0.3) is 0 Å². The summed E-state index contributed by atoms with van der Waals surface area (Å²) in [4.78, 5) is 12.1. The molecule has 22 heavy (non-hydrogen) atoms. The second-order valence-electron chi connectivity index (χ2n) is 4.32. The average molecular weight is 334 g/mol. The van der Waals surface area contributed by atoms with Crippen LogP contribution in [0.4, 0.5) is 18.9 Å². The monoisotopic (exact) mass is 333 g/mol. The minimum Gasteiger partial charge on any atom is -0.432 e. The van der Waals surface area contributed by atoms with Gasteiger partial charge in [-0.3, -0.25) is 9.48 Å². The maximum absolute atomic E-state index is 13.1. The van der Waals surface area contributed by atoms with Crippen LogP contribution in [-0.4, -0.2) is 22.3 Å². The van der Waals surface area contributed by atoms with Gasteiger partial charge in [-0.2, -0.15) is 13.9 Å². The molecule has 1 unspecified atom stereocenters. The van der Waals surface area contributed by atoms with E-state index in [9.17, 15) is 18.0 Å². The number of hydrogen-bond donors (Lipinski definition) is 1. The van der Waals surface area contributed by atoms with Gasteiger partial charge in [0, 0.05) is 12.3 Å². The lowest BCUT2D eigenvalue weighted by atomic mass is 10.2. The van der Waals surface area contributed by atoms with Gasteiger partial charge in [-0.15, -0.1) is 0 Å². The molecule has 0 aliphatic rings. The number of carbonyl (C=O) groups is 1. The quantitative estimate of drug-likeness (QED) is 0.911. The third-order valence-electron chi connectivity index (χ3n) is 2.76. The Morgan fingerprint density at radius 2 is 2.18 bits per heavy atom. The fourth-order valence-corrected chi connectivity index (χ4v) is 1.82. The highest BCUT2D eigenvalue weighted by Gasteiger charge is 2.19. The van der Waals surface area contributed by atoms with Crippen LogP contribution in [-0.2, 0) is 4.79 Å². The summed E-state index contributed by atoms with van der Waals surface area (Å²) in [7, 11) is 0. The highest BCUT2D eigenvalue weighted by atomic mass is 35.5. The first-order valence-corrected chi connectivity index (χ1v) is 6.49. The molecule has 2 rings (SSSR count). The van der Waals surface area contributed by atoms with E-state index in [0.717, 1.165) is 18.2 Å². The summed E-state index contributed by atoms with van der Waals surface area (Å²) < 4.78 is 43.2. The van der Waals surface area contributed by atoms with Crippen LogP contribution in [0.2, 0.25) is 5.02 Å². The maximum Gasteiger partial charge on any atom is 0.387 e. The summed E-state index contributed by atoms with van der Waals surface area (Å²) in [6.45, 7) is -1.60. The van der Waals surface area contributed by atoms with E-state index in [4.69, 9.17) is 11.6 Å². The lowest BCUT2D eigenvalue weighted by molar-refractivity contribution is -0.119. The predicted octanol–water partition coefficient (Wildman–Crippen LogP) is 3.48. The molecule has 0 radical (unpaired) electrons. The number of carbonyl (C=O) groups excluding carboxylic acids is 1. The second-order valence-corrected chi connectivity index (χ2v) is 4.76.